The summed E-state index contributed by atoms with van der Waals surface area (Å²) in [7, 11) is 0. The van der Waals surface area contributed by atoms with Crippen molar-refractivity contribution in [3.05, 3.63) is 72.1 Å². The number of nitrogens with one attached hydrogen (secondary N) is 1. The SMILES string of the molecule is N=C(c1ccc(Oc2ccccc2)cc1)c1c(N)ncnc1[NH2+]C1CCCN(C(=O)C2CC2)C1. The Morgan fingerprint density at radius 1 is 1.03 bits per heavy atom. The van der Waals surface area contributed by atoms with Crippen molar-refractivity contribution < 1.29 is 14.8 Å². The highest BCUT2D eigenvalue weighted by molar-refractivity contribution is 6.15. The van der Waals surface area contributed by atoms with Crippen LogP contribution in [-0.2, 0) is 4.79 Å². The fraction of sp³-hybridized carbons (Fsp3) is 0.308. The lowest BCUT2D eigenvalue weighted by Gasteiger charge is -2.31. The Balaban J connectivity index is 1.31. The van der Waals surface area contributed by atoms with Crippen molar-refractivity contribution in [2.45, 2.75) is 31.7 Å². The molecule has 2 heterocycles. The average Bonchev–Trinajstić information content (AvgIpc) is 3.70. The highest BCUT2D eigenvalue weighted by Crippen LogP contribution is 2.32. The molecule has 1 aliphatic heterocycles. The van der Waals surface area contributed by atoms with E-state index in [1.165, 1.54) is 6.33 Å². The fourth-order valence-corrected chi connectivity index (χ4v) is 4.41. The number of nitrogens with two attached hydrogens (primary N) is 2. The Bertz CT molecular complexity index is 1180. The van der Waals surface area contributed by atoms with E-state index >= 15 is 0 Å². The molecule has 1 amide bonds. The van der Waals surface area contributed by atoms with Crippen LogP contribution in [0.3, 0.4) is 0 Å². The first-order valence-corrected chi connectivity index (χ1v) is 11.7. The smallest absolute Gasteiger partial charge is 0.239 e. The first kappa shape index (κ1) is 22.0. The lowest BCUT2D eigenvalue weighted by atomic mass is 10.0. The number of rotatable bonds is 7. The molecule has 8 heteroatoms. The molecule has 0 bridgehead atoms. The monoisotopic (exact) mass is 457 g/mol. The van der Waals surface area contributed by atoms with Crippen molar-refractivity contribution in [2.75, 3.05) is 18.8 Å². The van der Waals surface area contributed by atoms with E-state index in [2.05, 4.69) is 15.3 Å². The second-order valence-corrected chi connectivity index (χ2v) is 8.96. The van der Waals surface area contributed by atoms with E-state index in [9.17, 15) is 4.79 Å². The second-order valence-electron chi connectivity index (χ2n) is 8.96. The molecule has 3 aromatic rings. The molecule has 1 unspecified atom stereocenters. The van der Waals surface area contributed by atoms with Crippen LogP contribution in [0.15, 0.2) is 60.9 Å². The first-order chi connectivity index (χ1) is 16.6. The van der Waals surface area contributed by atoms with Crippen molar-refractivity contribution >= 4 is 23.3 Å². The van der Waals surface area contributed by atoms with E-state index in [4.69, 9.17) is 15.9 Å². The number of hydrogen-bond donors (Lipinski definition) is 3. The standard InChI is InChI=1S/C26H28N6O2/c27-23(17-10-12-21(13-11-17)34-20-6-2-1-3-7-20)22-24(28)29-16-30-25(22)31-19-5-4-14-32(15-19)26(33)18-8-9-18/h1-3,6-7,10-13,16,18-19,27H,4-5,8-9,14-15H2,(H3,28,29,30,31)/p+1. The number of hydrogen-bond acceptors (Lipinski definition) is 6. The average molecular weight is 458 g/mol. The van der Waals surface area contributed by atoms with Gasteiger partial charge in [-0.3, -0.25) is 15.5 Å². The minimum Gasteiger partial charge on any atom is -0.457 e. The Hall–Kier alpha value is -3.78. The molecular formula is C26H29N6O2+. The molecule has 1 saturated heterocycles. The van der Waals surface area contributed by atoms with Crippen molar-refractivity contribution in [2.24, 2.45) is 5.92 Å². The van der Waals surface area contributed by atoms with Crippen molar-refractivity contribution in [3.8, 4) is 11.5 Å². The molecule has 1 atom stereocenters. The van der Waals surface area contributed by atoms with Crippen LogP contribution in [0.2, 0.25) is 0 Å². The molecule has 34 heavy (non-hydrogen) atoms. The van der Waals surface area contributed by atoms with Gasteiger partial charge < -0.3 is 15.4 Å². The summed E-state index contributed by atoms with van der Waals surface area (Å²) >= 11 is 0. The molecule has 1 saturated carbocycles. The van der Waals surface area contributed by atoms with Gasteiger partial charge in [0.05, 0.1) is 12.3 Å². The summed E-state index contributed by atoms with van der Waals surface area (Å²) in [5.41, 5.74) is 7.70. The topological polar surface area (TPSA) is 122 Å². The lowest BCUT2D eigenvalue weighted by Crippen LogP contribution is -2.88. The van der Waals surface area contributed by atoms with Crippen molar-refractivity contribution in [1.82, 2.24) is 14.9 Å². The van der Waals surface area contributed by atoms with Crippen LogP contribution in [0.5, 0.6) is 11.5 Å². The zero-order chi connectivity index (χ0) is 23.5. The van der Waals surface area contributed by atoms with E-state index in [0.717, 1.165) is 38.0 Å². The van der Waals surface area contributed by atoms with Crippen LogP contribution in [0.4, 0.5) is 11.6 Å². The van der Waals surface area contributed by atoms with Gasteiger partial charge in [0.1, 0.15) is 35.2 Å². The van der Waals surface area contributed by atoms with Gasteiger partial charge in [0.2, 0.25) is 11.7 Å². The molecule has 2 aliphatic rings. The number of anilines is 1. The van der Waals surface area contributed by atoms with Gasteiger partial charge in [-0.15, -0.1) is 0 Å². The number of aromatic nitrogens is 2. The van der Waals surface area contributed by atoms with Gasteiger partial charge in [0.25, 0.3) is 0 Å². The van der Waals surface area contributed by atoms with Crippen LogP contribution in [0.25, 0.3) is 0 Å². The molecule has 0 spiro atoms. The highest BCUT2D eigenvalue weighted by Gasteiger charge is 2.36. The number of ether oxygens (including phenoxy) is 1. The van der Waals surface area contributed by atoms with Gasteiger partial charge in [-0.25, -0.2) is 4.98 Å². The Kier molecular flexibility index (Phi) is 6.22. The van der Waals surface area contributed by atoms with E-state index in [1.807, 2.05) is 59.5 Å². The summed E-state index contributed by atoms with van der Waals surface area (Å²) in [4.78, 5) is 23.1. The normalized spacial score (nSPS) is 17.9. The molecule has 8 nitrogen and oxygen atoms in total. The molecule has 1 aromatic heterocycles. The van der Waals surface area contributed by atoms with E-state index in [0.29, 0.717) is 29.2 Å². The predicted molar refractivity (Wildman–Crippen MR) is 129 cm³/mol. The third kappa shape index (κ3) is 4.92. The number of amides is 1. The Morgan fingerprint density at radius 3 is 2.50 bits per heavy atom. The number of carbonyl (C=O) groups excluding carboxylic acids is 1. The summed E-state index contributed by atoms with van der Waals surface area (Å²) in [6.07, 6.45) is 5.42. The largest absolute Gasteiger partial charge is 0.457 e. The van der Waals surface area contributed by atoms with Gasteiger partial charge in [-0.2, -0.15) is 4.98 Å². The summed E-state index contributed by atoms with van der Waals surface area (Å²) in [5, 5.41) is 10.9. The van der Waals surface area contributed by atoms with E-state index in [1.54, 1.807) is 0 Å². The lowest BCUT2D eigenvalue weighted by molar-refractivity contribution is -0.616. The van der Waals surface area contributed by atoms with Gasteiger partial charge in [0.15, 0.2) is 0 Å². The van der Waals surface area contributed by atoms with Crippen LogP contribution in [0, 0.1) is 11.3 Å². The number of quaternary nitrogens is 1. The molecular weight excluding hydrogens is 428 g/mol. The molecule has 5 N–H and O–H groups in total. The molecule has 2 aromatic carbocycles. The maximum absolute atomic E-state index is 12.5. The van der Waals surface area contributed by atoms with Gasteiger partial charge >= 0.3 is 0 Å². The van der Waals surface area contributed by atoms with E-state index < -0.39 is 0 Å². The van der Waals surface area contributed by atoms with Gasteiger partial charge in [-0.1, -0.05) is 18.2 Å². The van der Waals surface area contributed by atoms with Gasteiger partial charge in [-0.05, 0) is 55.7 Å². The first-order valence-electron chi connectivity index (χ1n) is 11.7. The third-order valence-corrected chi connectivity index (χ3v) is 6.37. The van der Waals surface area contributed by atoms with Crippen LogP contribution >= 0.6 is 0 Å². The summed E-state index contributed by atoms with van der Waals surface area (Å²) in [6, 6.07) is 17.1. The Morgan fingerprint density at radius 2 is 1.76 bits per heavy atom. The number of nitrogens with zero attached hydrogens (tertiary/aromatic N) is 3. The minimum atomic E-state index is 0.180. The molecule has 1 aliphatic carbocycles. The quantitative estimate of drug-likeness (QED) is 0.471. The number of piperidine rings is 1. The van der Waals surface area contributed by atoms with Crippen LogP contribution in [0.1, 0.15) is 36.8 Å². The maximum Gasteiger partial charge on any atom is 0.239 e. The number of nitrogen functional groups attached to an aromatic ring is 1. The Labute approximate surface area is 198 Å². The minimum absolute atomic E-state index is 0.180. The number of benzene rings is 2. The van der Waals surface area contributed by atoms with Crippen LogP contribution in [-0.4, -0.2) is 45.6 Å². The third-order valence-electron chi connectivity index (χ3n) is 6.37. The molecule has 2 fully saturated rings. The summed E-state index contributed by atoms with van der Waals surface area (Å²) < 4.78 is 5.86. The maximum atomic E-state index is 12.5. The predicted octanol–water partition coefficient (Wildman–Crippen LogP) is 2.86. The number of para-hydroxylation sites is 1. The summed E-state index contributed by atoms with van der Waals surface area (Å²) in [5.74, 6) is 2.88. The van der Waals surface area contributed by atoms with Gasteiger partial charge in [0, 0.05) is 24.4 Å². The van der Waals surface area contributed by atoms with E-state index in [-0.39, 0.29) is 29.4 Å². The highest BCUT2D eigenvalue weighted by atomic mass is 16.5. The molecule has 0 radical (unpaired) electrons. The zero-order valence-electron chi connectivity index (χ0n) is 19.0. The fourth-order valence-electron chi connectivity index (χ4n) is 4.41. The number of likely N-dealkylation sites (tertiary alicyclic amines) is 1. The van der Waals surface area contributed by atoms with Crippen molar-refractivity contribution in [3.63, 3.8) is 0 Å². The molecule has 5 rings (SSSR count). The second kappa shape index (κ2) is 9.61. The molecule has 174 valence electrons. The number of carbonyl (C=O) groups is 1. The van der Waals surface area contributed by atoms with Crippen molar-refractivity contribution in [1.29, 1.82) is 5.41 Å². The van der Waals surface area contributed by atoms with Crippen LogP contribution < -0.4 is 15.8 Å². The summed E-state index contributed by atoms with van der Waals surface area (Å²) in [6.45, 7) is 1.52. The zero-order valence-corrected chi connectivity index (χ0v) is 19.0.